The number of aliphatic hydroxyl groups is 1. The van der Waals surface area contributed by atoms with Gasteiger partial charge in [0.15, 0.2) is 0 Å². The van der Waals surface area contributed by atoms with Crippen molar-refractivity contribution >= 4 is 17.2 Å². The molecule has 1 aliphatic carbocycles. The van der Waals surface area contributed by atoms with Crippen LogP contribution in [0.15, 0.2) is 5.38 Å². The van der Waals surface area contributed by atoms with E-state index in [1.165, 1.54) is 12.8 Å². The van der Waals surface area contributed by atoms with Crippen molar-refractivity contribution in [2.24, 2.45) is 0 Å². The number of rotatable bonds is 4. The topological polar surface area (TPSA) is 62.7 Å². The second-order valence-electron chi connectivity index (χ2n) is 5.79. The lowest BCUT2D eigenvalue weighted by molar-refractivity contribution is -0.0663. The van der Waals surface area contributed by atoms with Crippen LogP contribution in [0.5, 0.6) is 0 Å². The number of amides is 1. The standard InChI is InChI=1S/C14H20N2O3S/c1-19-9-14(18)4-6-16(7-5-14)13(17)11-8-20-12(15-11)10-2-3-10/h8,10,18H,2-7,9H2,1H3. The van der Waals surface area contributed by atoms with Gasteiger partial charge in [-0.25, -0.2) is 4.98 Å². The molecule has 20 heavy (non-hydrogen) atoms. The summed E-state index contributed by atoms with van der Waals surface area (Å²) in [5.74, 6) is 0.585. The van der Waals surface area contributed by atoms with Crippen LogP contribution in [0, 0.1) is 0 Å². The number of methoxy groups -OCH3 is 1. The third-order valence-electron chi connectivity index (χ3n) is 4.06. The van der Waals surface area contributed by atoms with Gasteiger partial charge in [-0.15, -0.1) is 11.3 Å². The molecule has 1 aromatic heterocycles. The van der Waals surface area contributed by atoms with Gasteiger partial charge in [-0.05, 0) is 25.7 Å². The molecule has 0 radical (unpaired) electrons. The van der Waals surface area contributed by atoms with Gasteiger partial charge >= 0.3 is 0 Å². The van der Waals surface area contributed by atoms with Crippen LogP contribution in [0.25, 0.3) is 0 Å². The van der Waals surface area contributed by atoms with E-state index in [0.29, 0.717) is 44.1 Å². The van der Waals surface area contributed by atoms with Crippen LogP contribution in [0.1, 0.15) is 47.1 Å². The largest absolute Gasteiger partial charge is 0.387 e. The Hall–Kier alpha value is -0.980. The highest BCUT2D eigenvalue weighted by Crippen LogP contribution is 2.41. The molecule has 1 saturated heterocycles. The fraction of sp³-hybridized carbons (Fsp3) is 0.714. The van der Waals surface area contributed by atoms with Crippen molar-refractivity contribution in [2.75, 3.05) is 26.8 Å². The Morgan fingerprint density at radius 2 is 2.25 bits per heavy atom. The fourth-order valence-corrected chi connectivity index (χ4v) is 3.57. The summed E-state index contributed by atoms with van der Waals surface area (Å²) in [5, 5.41) is 13.2. The highest BCUT2D eigenvalue weighted by molar-refractivity contribution is 7.10. The van der Waals surface area contributed by atoms with Crippen molar-refractivity contribution in [2.45, 2.75) is 37.2 Å². The van der Waals surface area contributed by atoms with Crippen LogP contribution in [-0.2, 0) is 4.74 Å². The average Bonchev–Trinajstić information content (AvgIpc) is 3.17. The Morgan fingerprint density at radius 1 is 1.55 bits per heavy atom. The zero-order chi connectivity index (χ0) is 14.2. The van der Waals surface area contributed by atoms with Gasteiger partial charge in [-0.2, -0.15) is 0 Å². The lowest BCUT2D eigenvalue weighted by atomic mass is 9.92. The molecule has 6 heteroatoms. The second-order valence-corrected chi connectivity index (χ2v) is 6.68. The first-order valence-electron chi connectivity index (χ1n) is 7.07. The molecule has 0 atom stereocenters. The summed E-state index contributed by atoms with van der Waals surface area (Å²) in [6.07, 6.45) is 3.53. The summed E-state index contributed by atoms with van der Waals surface area (Å²) >= 11 is 1.59. The number of hydrogen-bond donors (Lipinski definition) is 1. The Morgan fingerprint density at radius 3 is 2.85 bits per heavy atom. The zero-order valence-electron chi connectivity index (χ0n) is 11.7. The van der Waals surface area contributed by atoms with E-state index < -0.39 is 5.60 Å². The van der Waals surface area contributed by atoms with Gasteiger partial charge in [0.05, 0.1) is 17.2 Å². The van der Waals surface area contributed by atoms with E-state index in [9.17, 15) is 9.90 Å². The monoisotopic (exact) mass is 296 g/mol. The second kappa shape index (κ2) is 5.42. The normalized spacial score (nSPS) is 22.0. The molecule has 2 fully saturated rings. The van der Waals surface area contributed by atoms with Crippen LogP contribution >= 0.6 is 11.3 Å². The summed E-state index contributed by atoms with van der Waals surface area (Å²) in [5.41, 5.74) is -0.221. The molecule has 0 spiro atoms. The molecule has 1 saturated carbocycles. The quantitative estimate of drug-likeness (QED) is 0.917. The number of thiazole rings is 1. The summed E-state index contributed by atoms with van der Waals surface area (Å²) in [6.45, 7) is 1.46. The van der Waals surface area contributed by atoms with Gasteiger partial charge in [0.2, 0.25) is 0 Å². The van der Waals surface area contributed by atoms with E-state index in [-0.39, 0.29) is 5.91 Å². The maximum absolute atomic E-state index is 12.4. The van der Waals surface area contributed by atoms with Crippen molar-refractivity contribution in [3.05, 3.63) is 16.1 Å². The molecule has 0 unspecified atom stereocenters. The van der Waals surface area contributed by atoms with Crippen LogP contribution in [0.4, 0.5) is 0 Å². The Balaban J connectivity index is 1.60. The number of aromatic nitrogens is 1. The van der Waals surface area contributed by atoms with Crippen molar-refractivity contribution in [3.63, 3.8) is 0 Å². The number of piperidine rings is 1. The molecule has 5 nitrogen and oxygen atoms in total. The van der Waals surface area contributed by atoms with Gasteiger partial charge in [0, 0.05) is 31.5 Å². The number of likely N-dealkylation sites (tertiary alicyclic amines) is 1. The van der Waals surface area contributed by atoms with E-state index in [0.717, 1.165) is 5.01 Å². The lowest BCUT2D eigenvalue weighted by Gasteiger charge is -2.37. The number of ether oxygens (including phenoxy) is 1. The predicted molar refractivity (Wildman–Crippen MR) is 76.1 cm³/mol. The first-order valence-corrected chi connectivity index (χ1v) is 7.95. The molecule has 0 aromatic carbocycles. The van der Waals surface area contributed by atoms with Gasteiger partial charge in [-0.1, -0.05) is 0 Å². The summed E-state index contributed by atoms with van der Waals surface area (Å²) in [6, 6.07) is 0. The summed E-state index contributed by atoms with van der Waals surface area (Å²) in [7, 11) is 1.59. The minimum absolute atomic E-state index is 0.00684. The van der Waals surface area contributed by atoms with E-state index in [4.69, 9.17) is 4.74 Å². The maximum Gasteiger partial charge on any atom is 0.273 e. The van der Waals surface area contributed by atoms with Crippen LogP contribution in [0.3, 0.4) is 0 Å². The minimum atomic E-state index is -0.785. The van der Waals surface area contributed by atoms with Crippen LogP contribution < -0.4 is 0 Å². The molecule has 1 aliphatic heterocycles. The average molecular weight is 296 g/mol. The molecular formula is C14H20N2O3S. The number of carbonyl (C=O) groups is 1. The van der Waals surface area contributed by atoms with Crippen molar-refractivity contribution in [1.82, 2.24) is 9.88 Å². The smallest absolute Gasteiger partial charge is 0.273 e. The van der Waals surface area contributed by atoms with Crippen molar-refractivity contribution < 1.29 is 14.6 Å². The highest BCUT2D eigenvalue weighted by Gasteiger charge is 2.35. The SMILES string of the molecule is COCC1(O)CCN(C(=O)c2csc(C3CC3)n2)CC1. The summed E-state index contributed by atoms with van der Waals surface area (Å²) < 4.78 is 5.04. The molecule has 110 valence electrons. The molecule has 1 N–H and O–H groups in total. The fourth-order valence-electron chi connectivity index (χ4n) is 2.60. The predicted octanol–water partition coefficient (Wildman–Crippen LogP) is 1.63. The van der Waals surface area contributed by atoms with E-state index in [2.05, 4.69) is 4.98 Å². The van der Waals surface area contributed by atoms with Crippen molar-refractivity contribution in [3.8, 4) is 0 Å². The van der Waals surface area contributed by atoms with E-state index >= 15 is 0 Å². The van der Waals surface area contributed by atoms with E-state index in [1.54, 1.807) is 23.3 Å². The van der Waals surface area contributed by atoms with Gasteiger partial charge in [-0.3, -0.25) is 4.79 Å². The molecule has 2 heterocycles. The number of carbonyl (C=O) groups excluding carboxylic acids is 1. The molecule has 1 amide bonds. The molecular weight excluding hydrogens is 276 g/mol. The maximum atomic E-state index is 12.4. The first-order chi connectivity index (χ1) is 9.61. The van der Waals surface area contributed by atoms with Gasteiger partial charge in [0.25, 0.3) is 5.91 Å². The third kappa shape index (κ3) is 2.87. The molecule has 1 aromatic rings. The third-order valence-corrected chi connectivity index (χ3v) is 5.07. The molecule has 0 bridgehead atoms. The minimum Gasteiger partial charge on any atom is -0.387 e. The molecule has 3 rings (SSSR count). The van der Waals surface area contributed by atoms with Gasteiger partial charge in [0.1, 0.15) is 5.69 Å². The zero-order valence-corrected chi connectivity index (χ0v) is 12.5. The number of nitrogens with zero attached hydrogens (tertiary/aromatic N) is 2. The van der Waals surface area contributed by atoms with E-state index in [1.807, 2.05) is 5.38 Å². The number of hydrogen-bond acceptors (Lipinski definition) is 5. The Kier molecular flexibility index (Phi) is 3.79. The summed E-state index contributed by atoms with van der Waals surface area (Å²) in [4.78, 5) is 18.6. The van der Waals surface area contributed by atoms with Crippen LogP contribution in [-0.4, -0.2) is 53.3 Å². The molecule has 2 aliphatic rings. The van der Waals surface area contributed by atoms with Crippen molar-refractivity contribution in [1.29, 1.82) is 0 Å². The highest BCUT2D eigenvalue weighted by atomic mass is 32.1. The van der Waals surface area contributed by atoms with Crippen LogP contribution in [0.2, 0.25) is 0 Å². The van der Waals surface area contributed by atoms with Gasteiger partial charge < -0.3 is 14.7 Å². The first kappa shape index (κ1) is 14.0. The lowest BCUT2D eigenvalue weighted by Crippen LogP contribution is -2.48. The Bertz CT molecular complexity index is 490. The Labute approximate surface area is 122 Å².